The third-order valence-corrected chi connectivity index (χ3v) is 2.14. The van der Waals surface area contributed by atoms with Crippen molar-refractivity contribution in [2.75, 3.05) is 34.5 Å². The summed E-state index contributed by atoms with van der Waals surface area (Å²) in [6.45, 7) is 5.67. The molecule has 0 unspecified atom stereocenters. The first-order valence-corrected chi connectivity index (χ1v) is 5.34. The lowest BCUT2D eigenvalue weighted by atomic mass is 10.8. The van der Waals surface area contributed by atoms with Crippen LogP contribution in [0, 0.1) is 0 Å². The summed E-state index contributed by atoms with van der Waals surface area (Å²) in [7, 11) is 3.05. The lowest BCUT2D eigenvalue weighted by Gasteiger charge is -2.05. The fraction of sp³-hybridized carbons (Fsp3) is 1.00. The van der Waals surface area contributed by atoms with Gasteiger partial charge in [-0.05, 0) is 13.8 Å². The lowest BCUT2D eigenvalue weighted by Crippen LogP contribution is -2.21. The van der Waals surface area contributed by atoms with Gasteiger partial charge in [-0.15, -0.1) is 0 Å². The van der Waals surface area contributed by atoms with Crippen LogP contribution in [0.1, 0.15) is 13.8 Å². The van der Waals surface area contributed by atoms with E-state index in [1.165, 1.54) is 0 Å². The summed E-state index contributed by atoms with van der Waals surface area (Å²) in [5.74, 6) is 0. The van der Waals surface area contributed by atoms with Crippen molar-refractivity contribution in [1.82, 2.24) is 0 Å². The number of hydrogen-bond acceptors (Lipinski definition) is 4. The summed E-state index contributed by atoms with van der Waals surface area (Å²) in [6.07, 6.45) is 0. The smallest absolute Gasteiger partial charge is 0.382 e. The maximum atomic E-state index is 4.83. The maximum absolute atomic E-state index is 4.83. The van der Waals surface area contributed by atoms with Crippen LogP contribution in [0.2, 0.25) is 0 Å². The van der Waals surface area contributed by atoms with Gasteiger partial charge in [-0.25, -0.2) is 0 Å². The minimum atomic E-state index is -1.67. The van der Waals surface area contributed by atoms with E-state index in [1.807, 2.05) is 13.8 Å². The summed E-state index contributed by atoms with van der Waals surface area (Å²) in [5.41, 5.74) is 0. The Bertz CT molecular complexity index is 60.9. The fourth-order valence-electron chi connectivity index (χ4n) is 0.493. The Hall–Kier alpha value is 0.0569. The molecule has 0 aromatic carbocycles. The van der Waals surface area contributed by atoms with E-state index < -0.39 is 9.53 Å². The second kappa shape index (κ2) is 13.6. The molecule has 76 valence electrons. The molecule has 0 N–H and O–H groups in total. The molecule has 0 atom stereocenters. The van der Waals surface area contributed by atoms with Crippen LogP contribution in [0.5, 0.6) is 0 Å². The first-order chi connectivity index (χ1) is 5.76. The molecule has 0 aliphatic carbocycles. The largest absolute Gasteiger partial charge is 0.483 e. The highest BCUT2D eigenvalue weighted by Crippen LogP contribution is 1.81. The van der Waals surface area contributed by atoms with Gasteiger partial charge in [0.1, 0.15) is 0 Å². The normalized spacial score (nSPS) is 9.50. The summed E-state index contributed by atoms with van der Waals surface area (Å²) in [6, 6.07) is 0. The average Bonchev–Trinajstić information content (AvgIpc) is 2.10. The van der Waals surface area contributed by atoms with Gasteiger partial charge < -0.3 is 18.0 Å². The highest BCUT2D eigenvalue weighted by Gasteiger charge is 2.04. The van der Waals surface area contributed by atoms with Gasteiger partial charge in [-0.3, -0.25) is 0 Å². The third kappa shape index (κ3) is 12.7. The summed E-state index contributed by atoms with van der Waals surface area (Å²) >= 11 is 0. The van der Waals surface area contributed by atoms with Crippen molar-refractivity contribution in [3.8, 4) is 0 Å². The Morgan fingerprint density at radius 2 is 1.17 bits per heavy atom. The minimum Gasteiger partial charge on any atom is -0.382 e. The highest BCUT2D eigenvalue weighted by atomic mass is 28.3. The Balaban J connectivity index is 0. The van der Waals surface area contributed by atoms with E-state index in [0.717, 1.165) is 13.2 Å². The number of ether oxygens (including phenoxy) is 1. The summed E-state index contributed by atoms with van der Waals surface area (Å²) < 4.78 is 19.1. The monoisotopic (exact) mass is 196 g/mol. The van der Waals surface area contributed by atoms with Crippen molar-refractivity contribution in [3.63, 3.8) is 0 Å². The maximum Gasteiger partial charge on any atom is 0.483 e. The predicted molar refractivity (Wildman–Crippen MR) is 50.3 cm³/mol. The van der Waals surface area contributed by atoms with E-state index in [4.69, 9.17) is 18.0 Å². The van der Waals surface area contributed by atoms with E-state index in [-0.39, 0.29) is 0 Å². The van der Waals surface area contributed by atoms with Crippen molar-refractivity contribution < 1.29 is 18.0 Å². The molecule has 0 aliphatic heterocycles. The minimum absolute atomic E-state index is 0.844. The second-order valence-corrected chi connectivity index (χ2v) is 3.77. The zero-order valence-corrected chi connectivity index (χ0v) is 9.78. The molecule has 0 aromatic heterocycles. The highest BCUT2D eigenvalue weighted by molar-refractivity contribution is 6.36. The fourth-order valence-corrected chi connectivity index (χ4v) is 1.07. The van der Waals surface area contributed by atoms with Crippen molar-refractivity contribution in [1.29, 1.82) is 0 Å². The van der Waals surface area contributed by atoms with Crippen LogP contribution < -0.4 is 0 Å². The zero-order valence-electron chi connectivity index (χ0n) is 8.62. The van der Waals surface area contributed by atoms with Gasteiger partial charge in [0.25, 0.3) is 0 Å². The number of rotatable bonds is 5. The molecule has 0 bridgehead atoms. The number of hydrogen-bond donors (Lipinski definition) is 0. The van der Waals surface area contributed by atoms with Crippen molar-refractivity contribution in [2.45, 2.75) is 13.8 Å². The molecule has 0 rings (SSSR count). The van der Waals surface area contributed by atoms with E-state index in [9.17, 15) is 0 Å². The van der Waals surface area contributed by atoms with Gasteiger partial charge in [0.2, 0.25) is 0 Å². The van der Waals surface area contributed by atoms with E-state index in [1.54, 1.807) is 21.3 Å². The molecule has 12 heavy (non-hydrogen) atoms. The summed E-state index contributed by atoms with van der Waals surface area (Å²) in [4.78, 5) is 0. The molecule has 0 radical (unpaired) electrons. The van der Waals surface area contributed by atoms with E-state index >= 15 is 0 Å². The zero-order chi connectivity index (χ0) is 9.82. The molecule has 0 spiro atoms. The van der Waals surface area contributed by atoms with Crippen LogP contribution in [0.25, 0.3) is 0 Å². The SMILES string of the molecule is CCOCC.CO[SiH](OC)OC. The quantitative estimate of drug-likeness (QED) is 0.606. The topological polar surface area (TPSA) is 36.9 Å². The molecular weight excluding hydrogens is 176 g/mol. The first-order valence-electron chi connectivity index (χ1n) is 3.92. The Labute approximate surface area is 76.7 Å². The molecule has 0 saturated heterocycles. The molecule has 0 amide bonds. The van der Waals surface area contributed by atoms with Crippen LogP contribution in [0.3, 0.4) is 0 Å². The molecule has 0 aromatic rings. The van der Waals surface area contributed by atoms with Crippen molar-refractivity contribution >= 4 is 9.53 Å². The first kappa shape index (κ1) is 14.6. The van der Waals surface area contributed by atoms with Gasteiger partial charge in [0.05, 0.1) is 0 Å². The van der Waals surface area contributed by atoms with Gasteiger partial charge in [-0.2, -0.15) is 0 Å². The van der Waals surface area contributed by atoms with Crippen molar-refractivity contribution in [2.24, 2.45) is 0 Å². The molecule has 0 aliphatic rings. The van der Waals surface area contributed by atoms with Crippen LogP contribution in [0.15, 0.2) is 0 Å². The molecule has 4 nitrogen and oxygen atoms in total. The van der Waals surface area contributed by atoms with Crippen LogP contribution in [0.4, 0.5) is 0 Å². The van der Waals surface area contributed by atoms with E-state index in [2.05, 4.69) is 0 Å². The van der Waals surface area contributed by atoms with Crippen LogP contribution in [-0.4, -0.2) is 44.1 Å². The van der Waals surface area contributed by atoms with Gasteiger partial charge in [0, 0.05) is 34.5 Å². The Kier molecular flexibility index (Phi) is 16.6. The standard InChI is InChI=1S/C4H10O.C3H10O3Si/c1-3-5-4-2;1-4-7(5-2)6-3/h3-4H2,1-2H3;7H,1-3H3. The molecule has 0 saturated carbocycles. The van der Waals surface area contributed by atoms with Crippen molar-refractivity contribution in [3.05, 3.63) is 0 Å². The summed E-state index contributed by atoms with van der Waals surface area (Å²) in [5, 5.41) is 0. The van der Waals surface area contributed by atoms with E-state index in [0.29, 0.717) is 0 Å². The Morgan fingerprint density at radius 3 is 1.17 bits per heavy atom. The van der Waals surface area contributed by atoms with Gasteiger partial charge in [0.15, 0.2) is 0 Å². The molecule has 5 heteroatoms. The van der Waals surface area contributed by atoms with Gasteiger partial charge in [-0.1, -0.05) is 0 Å². The van der Waals surface area contributed by atoms with Crippen LogP contribution in [-0.2, 0) is 18.0 Å². The van der Waals surface area contributed by atoms with Gasteiger partial charge >= 0.3 is 9.53 Å². The average molecular weight is 196 g/mol. The molecular formula is C7H20O4Si. The third-order valence-electron chi connectivity index (χ3n) is 0.986. The lowest BCUT2D eigenvalue weighted by molar-refractivity contribution is 0.162. The Morgan fingerprint density at radius 1 is 0.833 bits per heavy atom. The molecule has 0 fully saturated rings. The molecule has 0 heterocycles. The second-order valence-electron chi connectivity index (χ2n) is 1.78. The predicted octanol–water partition coefficient (Wildman–Crippen LogP) is 0.686. The van der Waals surface area contributed by atoms with Crippen LogP contribution >= 0.6 is 0 Å².